The van der Waals surface area contributed by atoms with Crippen molar-refractivity contribution in [3.63, 3.8) is 0 Å². The molecule has 2 N–H and O–H groups in total. The van der Waals surface area contributed by atoms with E-state index in [0.717, 1.165) is 22.5 Å². The van der Waals surface area contributed by atoms with Gasteiger partial charge in [0.05, 0.1) is 11.9 Å². The number of carbonyl (C=O) groups excluding carboxylic acids is 3. The van der Waals surface area contributed by atoms with E-state index in [4.69, 9.17) is 4.74 Å². The van der Waals surface area contributed by atoms with Gasteiger partial charge in [-0.25, -0.2) is 0 Å². The molecule has 0 fully saturated rings. The van der Waals surface area contributed by atoms with Crippen LogP contribution < -0.4 is 5.32 Å². The number of para-hydroxylation sites is 1. The number of hydrogen-bond acceptors (Lipinski definition) is 5. The average molecular weight is 459 g/mol. The molecular formula is C26H26N4O4. The van der Waals surface area contributed by atoms with Crippen molar-refractivity contribution in [3.8, 4) is 0 Å². The van der Waals surface area contributed by atoms with Crippen LogP contribution in [0.3, 0.4) is 0 Å². The largest absolute Gasteiger partial charge is 0.457 e. The van der Waals surface area contributed by atoms with Crippen molar-refractivity contribution in [2.45, 2.75) is 26.8 Å². The minimum Gasteiger partial charge on any atom is -0.457 e. The van der Waals surface area contributed by atoms with Gasteiger partial charge in [-0.15, -0.1) is 0 Å². The van der Waals surface area contributed by atoms with Crippen LogP contribution in [0.2, 0.25) is 0 Å². The maximum Gasteiger partial charge on any atom is 0.308 e. The van der Waals surface area contributed by atoms with Gasteiger partial charge in [0.1, 0.15) is 0 Å². The molecule has 0 spiro atoms. The molecule has 0 bridgehead atoms. The number of Topliss-reactive ketones (excluding diaryl/α,β-unsaturated/α-hetero) is 1. The van der Waals surface area contributed by atoms with Gasteiger partial charge < -0.3 is 14.6 Å². The van der Waals surface area contributed by atoms with Crippen LogP contribution in [0.1, 0.15) is 44.2 Å². The Morgan fingerprint density at radius 2 is 1.76 bits per heavy atom. The number of hydrogen-bond donors (Lipinski definition) is 2. The summed E-state index contributed by atoms with van der Waals surface area (Å²) in [4.78, 5) is 37.1. The first-order chi connectivity index (χ1) is 16.4. The number of benzene rings is 2. The summed E-state index contributed by atoms with van der Waals surface area (Å²) in [6.45, 7) is 4.24. The predicted octanol–water partition coefficient (Wildman–Crippen LogP) is 3.58. The number of esters is 1. The van der Waals surface area contributed by atoms with Gasteiger partial charge >= 0.3 is 5.97 Å². The molecule has 0 saturated heterocycles. The Balaban J connectivity index is 1.26. The van der Waals surface area contributed by atoms with Gasteiger partial charge in [0.2, 0.25) is 5.78 Å². The van der Waals surface area contributed by atoms with Crippen molar-refractivity contribution in [1.29, 1.82) is 0 Å². The van der Waals surface area contributed by atoms with Gasteiger partial charge in [0, 0.05) is 35.4 Å². The molecule has 8 heteroatoms. The molecule has 0 saturated carbocycles. The molecule has 1 amide bonds. The highest BCUT2D eigenvalue weighted by molar-refractivity contribution is 6.04. The Hall–Kier alpha value is -4.20. The molecule has 174 valence electrons. The highest BCUT2D eigenvalue weighted by atomic mass is 16.5. The van der Waals surface area contributed by atoms with E-state index in [1.165, 1.54) is 0 Å². The lowest BCUT2D eigenvalue weighted by Crippen LogP contribution is -2.27. The van der Waals surface area contributed by atoms with Gasteiger partial charge in [-0.05, 0) is 31.5 Å². The van der Waals surface area contributed by atoms with E-state index < -0.39 is 5.97 Å². The molecule has 34 heavy (non-hydrogen) atoms. The third-order valence-corrected chi connectivity index (χ3v) is 5.72. The summed E-state index contributed by atoms with van der Waals surface area (Å²) in [5.41, 5.74) is 4.50. The van der Waals surface area contributed by atoms with Crippen LogP contribution in [0.15, 0.2) is 60.7 Å². The van der Waals surface area contributed by atoms with Crippen molar-refractivity contribution in [3.05, 3.63) is 88.9 Å². The van der Waals surface area contributed by atoms with E-state index in [9.17, 15) is 14.4 Å². The number of ketones is 1. The number of nitrogens with one attached hydrogen (secondary N) is 2. The molecule has 2 aromatic carbocycles. The van der Waals surface area contributed by atoms with Crippen LogP contribution >= 0.6 is 0 Å². The van der Waals surface area contributed by atoms with Gasteiger partial charge in [-0.1, -0.05) is 48.5 Å². The van der Waals surface area contributed by atoms with Crippen LogP contribution in [-0.4, -0.2) is 45.6 Å². The zero-order valence-corrected chi connectivity index (χ0v) is 19.1. The first kappa shape index (κ1) is 23.0. The van der Waals surface area contributed by atoms with Crippen LogP contribution in [0, 0.1) is 13.8 Å². The third-order valence-electron chi connectivity index (χ3n) is 5.72. The monoisotopic (exact) mass is 458 g/mol. The van der Waals surface area contributed by atoms with E-state index >= 15 is 0 Å². The fraction of sp³-hybridized carbons (Fsp3) is 0.231. The normalized spacial score (nSPS) is 10.9. The number of aromatic amines is 1. The first-order valence-electron chi connectivity index (χ1n) is 11.0. The van der Waals surface area contributed by atoms with E-state index in [1.54, 1.807) is 6.07 Å². The maximum atomic E-state index is 12.7. The Bertz CT molecular complexity index is 1340. The lowest BCUT2D eigenvalue weighted by atomic mass is 10.1. The zero-order chi connectivity index (χ0) is 24.1. The second kappa shape index (κ2) is 10.2. The van der Waals surface area contributed by atoms with Crippen molar-refractivity contribution in [1.82, 2.24) is 20.1 Å². The predicted molar refractivity (Wildman–Crippen MR) is 128 cm³/mol. The number of aryl methyl sites for hydroxylation is 1. The summed E-state index contributed by atoms with van der Waals surface area (Å²) in [7, 11) is 0. The standard InChI is InChI=1S/C26H26N4O4/c1-17-14-21(18(2)30(17)15-19-8-4-3-5-9-19)23(31)16-34-24(32)12-13-27-26(33)25-20-10-6-7-11-22(20)28-29-25/h3-11,14H,12-13,15-16H2,1-2H3,(H,27,33)(H,28,29). The van der Waals surface area contributed by atoms with Crippen molar-refractivity contribution < 1.29 is 19.1 Å². The van der Waals surface area contributed by atoms with Crippen LogP contribution in [0.25, 0.3) is 10.9 Å². The molecule has 0 radical (unpaired) electrons. The molecule has 0 aliphatic carbocycles. The molecular weight excluding hydrogens is 432 g/mol. The smallest absolute Gasteiger partial charge is 0.308 e. The van der Waals surface area contributed by atoms with E-state index in [0.29, 0.717) is 17.5 Å². The number of rotatable bonds is 9. The Morgan fingerprint density at radius 1 is 1.03 bits per heavy atom. The number of carbonyl (C=O) groups is 3. The van der Waals surface area contributed by atoms with E-state index in [1.807, 2.05) is 68.4 Å². The van der Waals surface area contributed by atoms with Gasteiger partial charge in [-0.2, -0.15) is 5.10 Å². The molecule has 2 heterocycles. The van der Waals surface area contributed by atoms with Crippen LogP contribution in [0.4, 0.5) is 0 Å². The highest BCUT2D eigenvalue weighted by Gasteiger charge is 2.18. The number of H-pyrrole nitrogens is 1. The minimum absolute atomic E-state index is 0.0472. The number of aromatic nitrogens is 3. The summed E-state index contributed by atoms with van der Waals surface area (Å²) >= 11 is 0. The second-order valence-corrected chi connectivity index (χ2v) is 8.06. The number of fused-ring (bicyclic) bond motifs is 1. The summed E-state index contributed by atoms with van der Waals surface area (Å²) < 4.78 is 7.22. The summed E-state index contributed by atoms with van der Waals surface area (Å²) in [5.74, 6) is -1.20. The van der Waals surface area contributed by atoms with E-state index in [2.05, 4.69) is 20.1 Å². The molecule has 0 atom stereocenters. The molecule has 2 aromatic heterocycles. The fourth-order valence-electron chi connectivity index (χ4n) is 3.89. The SMILES string of the molecule is Cc1cc(C(=O)COC(=O)CCNC(=O)c2n[nH]c3ccccc23)c(C)n1Cc1ccccc1. The van der Waals surface area contributed by atoms with Crippen molar-refractivity contribution in [2.75, 3.05) is 13.2 Å². The lowest BCUT2D eigenvalue weighted by Gasteiger charge is -2.10. The topological polar surface area (TPSA) is 106 Å². The van der Waals surface area contributed by atoms with Gasteiger partial charge in [-0.3, -0.25) is 19.5 Å². The first-order valence-corrected chi connectivity index (χ1v) is 11.0. The van der Waals surface area contributed by atoms with Crippen LogP contribution in [0.5, 0.6) is 0 Å². The quantitative estimate of drug-likeness (QED) is 0.295. The van der Waals surface area contributed by atoms with Crippen molar-refractivity contribution in [2.24, 2.45) is 0 Å². The van der Waals surface area contributed by atoms with Gasteiger partial charge in [0.25, 0.3) is 5.91 Å². The van der Waals surface area contributed by atoms with Crippen LogP contribution in [-0.2, 0) is 16.1 Å². The number of ether oxygens (including phenoxy) is 1. The summed E-state index contributed by atoms with van der Waals surface area (Å²) in [6.07, 6.45) is -0.0472. The summed E-state index contributed by atoms with van der Waals surface area (Å²) in [5, 5.41) is 10.2. The Labute approximate surface area is 196 Å². The maximum absolute atomic E-state index is 12.7. The summed E-state index contributed by atoms with van der Waals surface area (Å²) in [6, 6.07) is 19.1. The second-order valence-electron chi connectivity index (χ2n) is 8.06. The molecule has 0 unspecified atom stereocenters. The minimum atomic E-state index is -0.557. The van der Waals surface area contributed by atoms with E-state index in [-0.39, 0.29) is 37.0 Å². The number of amides is 1. The number of nitrogens with zero attached hydrogens (tertiary/aromatic N) is 2. The fourth-order valence-corrected chi connectivity index (χ4v) is 3.89. The lowest BCUT2D eigenvalue weighted by molar-refractivity contribution is -0.142. The molecule has 8 nitrogen and oxygen atoms in total. The van der Waals surface area contributed by atoms with Crippen molar-refractivity contribution >= 4 is 28.6 Å². The highest BCUT2D eigenvalue weighted by Crippen LogP contribution is 2.18. The Morgan fingerprint density at radius 3 is 2.56 bits per heavy atom. The Kier molecular flexibility index (Phi) is 6.87. The molecule has 4 aromatic rings. The van der Waals surface area contributed by atoms with Gasteiger partial charge in [0.15, 0.2) is 12.3 Å². The zero-order valence-electron chi connectivity index (χ0n) is 19.1. The molecule has 0 aliphatic rings. The average Bonchev–Trinajstić information content (AvgIpc) is 3.40. The molecule has 0 aliphatic heterocycles. The molecule has 4 rings (SSSR count). The third kappa shape index (κ3) is 5.06.